The van der Waals surface area contributed by atoms with Crippen molar-refractivity contribution in [1.82, 2.24) is 9.97 Å². The van der Waals surface area contributed by atoms with Crippen LogP contribution in [0.25, 0.3) is 10.9 Å². The van der Waals surface area contributed by atoms with Crippen molar-refractivity contribution in [3.63, 3.8) is 0 Å². The van der Waals surface area contributed by atoms with Crippen molar-refractivity contribution in [2.75, 3.05) is 0 Å². The quantitative estimate of drug-likeness (QED) is 0.749. The van der Waals surface area contributed by atoms with E-state index in [0.717, 1.165) is 24.4 Å². The second-order valence-electron chi connectivity index (χ2n) is 5.14. The Balaban J connectivity index is 1.98. The van der Waals surface area contributed by atoms with Crippen LogP contribution < -0.4 is 4.74 Å². The maximum atomic E-state index is 12.5. The molecule has 1 aromatic carbocycles. The predicted octanol–water partition coefficient (Wildman–Crippen LogP) is 4.81. The van der Waals surface area contributed by atoms with E-state index in [-0.39, 0.29) is 5.75 Å². The van der Waals surface area contributed by atoms with Gasteiger partial charge in [0.1, 0.15) is 23.3 Å². The SMILES string of the molecule is CCc1cc2c(Oc3ccc(C(F)(F)F)nc3)ccc(C#N)c2[nH]1. The number of alkyl halides is 3. The van der Waals surface area contributed by atoms with Crippen LogP contribution in [0.1, 0.15) is 23.9 Å². The third-order valence-corrected chi connectivity index (χ3v) is 3.57. The monoisotopic (exact) mass is 331 g/mol. The number of benzene rings is 1. The number of ether oxygens (including phenoxy) is 1. The van der Waals surface area contributed by atoms with E-state index in [1.165, 1.54) is 6.07 Å². The molecule has 0 saturated heterocycles. The summed E-state index contributed by atoms with van der Waals surface area (Å²) in [6, 6.07) is 9.26. The number of nitrogens with zero attached hydrogens (tertiary/aromatic N) is 2. The molecule has 122 valence electrons. The summed E-state index contributed by atoms with van der Waals surface area (Å²) in [6.45, 7) is 1.97. The first-order valence-corrected chi connectivity index (χ1v) is 7.18. The van der Waals surface area contributed by atoms with E-state index in [9.17, 15) is 18.4 Å². The zero-order valence-corrected chi connectivity index (χ0v) is 12.6. The summed E-state index contributed by atoms with van der Waals surface area (Å²) < 4.78 is 43.3. The van der Waals surface area contributed by atoms with Crippen molar-refractivity contribution in [3.05, 3.63) is 53.5 Å². The summed E-state index contributed by atoms with van der Waals surface area (Å²) in [5.41, 5.74) is 1.08. The van der Waals surface area contributed by atoms with Crippen LogP contribution >= 0.6 is 0 Å². The third-order valence-electron chi connectivity index (χ3n) is 3.57. The number of H-pyrrole nitrogens is 1. The van der Waals surface area contributed by atoms with Gasteiger partial charge in [-0.1, -0.05) is 6.92 Å². The molecule has 0 atom stereocenters. The minimum absolute atomic E-state index is 0.188. The second kappa shape index (κ2) is 5.89. The molecule has 3 aromatic rings. The molecule has 0 aliphatic carbocycles. The van der Waals surface area contributed by atoms with Gasteiger partial charge < -0.3 is 9.72 Å². The van der Waals surface area contributed by atoms with E-state index in [4.69, 9.17) is 4.74 Å². The Morgan fingerprint density at radius 1 is 1.25 bits per heavy atom. The Labute approximate surface area is 135 Å². The molecular formula is C17H12F3N3O. The number of nitrogens with one attached hydrogen (secondary N) is 1. The fourth-order valence-corrected chi connectivity index (χ4v) is 2.36. The van der Waals surface area contributed by atoms with Gasteiger partial charge in [-0.2, -0.15) is 18.4 Å². The minimum Gasteiger partial charge on any atom is -0.455 e. The Morgan fingerprint density at radius 2 is 2.04 bits per heavy atom. The van der Waals surface area contributed by atoms with E-state index in [1.54, 1.807) is 12.1 Å². The first-order valence-electron chi connectivity index (χ1n) is 7.18. The molecular weight excluding hydrogens is 319 g/mol. The maximum Gasteiger partial charge on any atom is 0.433 e. The van der Waals surface area contributed by atoms with Gasteiger partial charge in [0, 0.05) is 11.1 Å². The Kier molecular flexibility index (Phi) is 3.89. The van der Waals surface area contributed by atoms with Gasteiger partial charge >= 0.3 is 6.18 Å². The fourth-order valence-electron chi connectivity index (χ4n) is 2.36. The molecule has 2 heterocycles. The molecule has 0 spiro atoms. The van der Waals surface area contributed by atoms with Crippen LogP contribution in [0.15, 0.2) is 36.5 Å². The number of aryl methyl sites for hydroxylation is 1. The molecule has 0 saturated carbocycles. The third kappa shape index (κ3) is 2.91. The van der Waals surface area contributed by atoms with Gasteiger partial charge in [-0.05, 0) is 36.8 Å². The van der Waals surface area contributed by atoms with E-state index in [1.807, 2.05) is 13.0 Å². The van der Waals surface area contributed by atoms with Crippen molar-refractivity contribution < 1.29 is 17.9 Å². The number of halogens is 3. The lowest BCUT2D eigenvalue weighted by Crippen LogP contribution is -2.07. The number of nitriles is 1. The molecule has 3 rings (SSSR count). The van der Waals surface area contributed by atoms with Gasteiger partial charge in [-0.3, -0.25) is 0 Å². The summed E-state index contributed by atoms with van der Waals surface area (Å²) in [5.74, 6) is 0.634. The highest BCUT2D eigenvalue weighted by Crippen LogP contribution is 2.33. The summed E-state index contributed by atoms with van der Waals surface area (Å²) in [5, 5.41) is 9.88. The summed E-state index contributed by atoms with van der Waals surface area (Å²) in [4.78, 5) is 6.52. The van der Waals surface area contributed by atoms with Crippen LogP contribution in [-0.4, -0.2) is 9.97 Å². The molecule has 0 bridgehead atoms. The van der Waals surface area contributed by atoms with Crippen LogP contribution in [0.5, 0.6) is 11.5 Å². The van der Waals surface area contributed by atoms with Crippen molar-refractivity contribution in [2.45, 2.75) is 19.5 Å². The molecule has 0 aliphatic heterocycles. The average molecular weight is 331 g/mol. The van der Waals surface area contributed by atoms with Gasteiger partial charge in [-0.15, -0.1) is 0 Å². The molecule has 1 N–H and O–H groups in total. The zero-order valence-electron chi connectivity index (χ0n) is 12.6. The first kappa shape index (κ1) is 15.9. The minimum atomic E-state index is -4.49. The lowest BCUT2D eigenvalue weighted by Gasteiger charge is -2.09. The van der Waals surface area contributed by atoms with Gasteiger partial charge in [-0.25, -0.2) is 4.98 Å². The Morgan fingerprint density at radius 3 is 2.62 bits per heavy atom. The van der Waals surface area contributed by atoms with Gasteiger partial charge in [0.2, 0.25) is 0 Å². The lowest BCUT2D eigenvalue weighted by molar-refractivity contribution is -0.141. The lowest BCUT2D eigenvalue weighted by atomic mass is 10.1. The molecule has 0 aliphatic rings. The van der Waals surface area contributed by atoms with Crippen molar-refractivity contribution in [3.8, 4) is 17.6 Å². The van der Waals surface area contributed by atoms with Crippen LogP contribution in [0.2, 0.25) is 0 Å². The standard InChI is InChI=1S/C17H12F3N3O/c1-2-11-7-13-14(5-3-10(8-21)16(13)23-11)24-12-4-6-15(22-9-12)17(18,19)20/h3-7,9,23H,2H2,1H3. The molecule has 24 heavy (non-hydrogen) atoms. The van der Waals surface area contributed by atoms with Gasteiger partial charge in [0.25, 0.3) is 0 Å². The number of aromatic amines is 1. The van der Waals surface area contributed by atoms with Crippen molar-refractivity contribution >= 4 is 10.9 Å². The fraction of sp³-hybridized carbons (Fsp3) is 0.176. The topological polar surface area (TPSA) is 61.7 Å². The first-order chi connectivity index (χ1) is 11.4. The largest absolute Gasteiger partial charge is 0.455 e. The highest BCUT2D eigenvalue weighted by molar-refractivity contribution is 5.91. The summed E-state index contributed by atoms with van der Waals surface area (Å²) in [7, 11) is 0. The van der Waals surface area contributed by atoms with Crippen molar-refractivity contribution in [1.29, 1.82) is 5.26 Å². The van der Waals surface area contributed by atoms with Crippen molar-refractivity contribution in [2.24, 2.45) is 0 Å². The molecule has 7 heteroatoms. The smallest absolute Gasteiger partial charge is 0.433 e. The Bertz CT molecular complexity index is 921. The maximum absolute atomic E-state index is 12.5. The summed E-state index contributed by atoms with van der Waals surface area (Å²) in [6.07, 6.45) is -2.71. The number of aromatic nitrogens is 2. The molecule has 4 nitrogen and oxygen atoms in total. The van der Waals surface area contributed by atoms with Crippen LogP contribution in [0.3, 0.4) is 0 Å². The van der Waals surface area contributed by atoms with E-state index in [2.05, 4.69) is 16.0 Å². The highest BCUT2D eigenvalue weighted by Gasteiger charge is 2.32. The van der Waals surface area contributed by atoms with E-state index in [0.29, 0.717) is 22.2 Å². The number of hydrogen-bond acceptors (Lipinski definition) is 3. The van der Waals surface area contributed by atoms with E-state index >= 15 is 0 Å². The van der Waals surface area contributed by atoms with Gasteiger partial charge in [0.05, 0.1) is 17.3 Å². The van der Waals surface area contributed by atoms with Gasteiger partial charge in [0.15, 0.2) is 0 Å². The number of fused-ring (bicyclic) bond motifs is 1. The second-order valence-corrected chi connectivity index (χ2v) is 5.14. The normalized spacial score (nSPS) is 11.5. The molecule has 0 unspecified atom stereocenters. The molecule has 0 fully saturated rings. The molecule has 2 aromatic heterocycles. The van der Waals surface area contributed by atoms with Crippen LogP contribution in [-0.2, 0) is 12.6 Å². The predicted molar refractivity (Wildman–Crippen MR) is 81.7 cm³/mol. The summed E-state index contributed by atoms with van der Waals surface area (Å²) >= 11 is 0. The highest BCUT2D eigenvalue weighted by atomic mass is 19.4. The average Bonchev–Trinajstić information content (AvgIpc) is 2.99. The number of hydrogen-bond donors (Lipinski definition) is 1. The zero-order chi connectivity index (χ0) is 17.3. The number of pyridine rings is 1. The molecule has 0 amide bonds. The van der Waals surface area contributed by atoms with E-state index < -0.39 is 11.9 Å². The molecule has 0 radical (unpaired) electrons. The Hall–Kier alpha value is -3.01. The van der Waals surface area contributed by atoms with Crippen LogP contribution in [0.4, 0.5) is 13.2 Å². The number of rotatable bonds is 3. The van der Waals surface area contributed by atoms with Crippen LogP contribution in [0, 0.1) is 11.3 Å².